The van der Waals surface area contributed by atoms with E-state index in [9.17, 15) is 14.7 Å². The Labute approximate surface area is 239 Å². The summed E-state index contributed by atoms with van der Waals surface area (Å²) in [4.78, 5) is 26.8. The summed E-state index contributed by atoms with van der Waals surface area (Å²) in [7, 11) is 0. The Bertz CT molecular complexity index is 1640. The average Bonchev–Trinajstić information content (AvgIpc) is 3.01. The summed E-state index contributed by atoms with van der Waals surface area (Å²) in [6, 6.07) is 27.1. The Morgan fingerprint density at radius 3 is 2.61 bits per heavy atom. The lowest BCUT2D eigenvalue weighted by Gasteiger charge is -2.32. The van der Waals surface area contributed by atoms with Gasteiger partial charge in [0.25, 0.3) is 5.91 Å². The lowest BCUT2D eigenvalue weighted by atomic mass is 9.93. The number of hydrogen-bond donors (Lipinski definition) is 2. The summed E-state index contributed by atoms with van der Waals surface area (Å²) in [5.41, 5.74) is 8.61. The SMILES string of the molecule is C[C@H](NC(=O)c1ccc2c(c1)OCCN2Cc1ccccc1-c1ccc(C(=O)O)cc1)c1ccc2c(c1)CCC=C2. The lowest BCUT2D eigenvalue weighted by Crippen LogP contribution is -2.33. The minimum absolute atomic E-state index is 0.117. The van der Waals surface area contributed by atoms with E-state index in [2.05, 4.69) is 52.7 Å². The zero-order valence-corrected chi connectivity index (χ0v) is 23.0. The molecule has 0 saturated carbocycles. The molecule has 6 heteroatoms. The maximum atomic E-state index is 13.2. The Morgan fingerprint density at radius 1 is 0.976 bits per heavy atom. The zero-order chi connectivity index (χ0) is 28.3. The van der Waals surface area contributed by atoms with Crippen molar-refractivity contribution in [3.8, 4) is 16.9 Å². The Kier molecular flexibility index (Phi) is 7.30. The standard InChI is InChI=1S/C35H32N2O4/c1-23(27-15-10-24-6-2-3-7-28(24)20-27)36-34(38)29-16-17-32-33(21-29)41-19-18-37(32)22-30-8-4-5-9-31(30)25-11-13-26(14-12-25)35(39)40/h2,4-6,8-17,20-21,23H,3,7,18-19,22H2,1H3,(H,36,38)(H,39,40)/t23-/m0/s1. The second-order valence-electron chi connectivity index (χ2n) is 10.6. The molecule has 0 unspecified atom stereocenters. The third-order valence-electron chi connectivity index (χ3n) is 7.90. The molecule has 0 saturated heterocycles. The summed E-state index contributed by atoms with van der Waals surface area (Å²) in [6.07, 6.45) is 6.45. The number of carboxylic acids is 1. The molecule has 0 aromatic heterocycles. The Balaban J connectivity index is 1.18. The number of aryl methyl sites for hydroxylation is 1. The van der Waals surface area contributed by atoms with Crippen molar-refractivity contribution in [3.05, 3.63) is 124 Å². The highest BCUT2D eigenvalue weighted by atomic mass is 16.5. The molecule has 1 amide bonds. The molecular formula is C35H32N2O4. The Morgan fingerprint density at radius 2 is 1.78 bits per heavy atom. The van der Waals surface area contributed by atoms with Gasteiger partial charge in [0.05, 0.1) is 23.8 Å². The van der Waals surface area contributed by atoms with Crippen molar-refractivity contribution >= 4 is 23.6 Å². The highest BCUT2D eigenvalue weighted by Crippen LogP contribution is 2.35. The third-order valence-corrected chi connectivity index (χ3v) is 7.90. The van der Waals surface area contributed by atoms with Gasteiger partial charge < -0.3 is 20.1 Å². The molecule has 0 radical (unpaired) electrons. The van der Waals surface area contributed by atoms with Crippen LogP contribution in [-0.2, 0) is 13.0 Å². The number of carboxylic acid groups (broad SMARTS) is 1. The first-order valence-electron chi connectivity index (χ1n) is 14.0. The van der Waals surface area contributed by atoms with E-state index >= 15 is 0 Å². The van der Waals surface area contributed by atoms with Crippen LogP contribution in [0.4, 0.5) is 5.69 Å². The molecule has 0 fully saturated rings. The van der Waals surface area contributed by atoms with E-state index in [0.717, 1.165) is 47.3 Å². The van der Waals surface area contributed by atoms with E-state index < -0.39 is 5.97 Å². The largest absolute Gasteiger partial charge is 0.490 e. The molecule has 206 valence electrons. The van der Waals surface area contributed by atoms with Gasteiger partial charge in [-0.05, 0) is 83.5 Å². The summed E-state index contributed by atoms with van der Waals surface area (Å²) in [6.45, 7) is 3.91. The lowest BCUT2D eigenvalue weighted by molar-refractivity contribution is 0.0696. The first kappa shape index (κ1) is 26.4. The number of nitrogens with one attached hydrogen (secondary N) is 1. The number of allylic oxidation sites excluding steroid dienone is 1. The van der Waals surface area contributed by atoms with Gasteiger partial charge in [-0.3, -0.25) is 4.79 Å². The highest BCUT2D eigenvalue weighted by molar-refractivity contribution is 5.95. The van der Waals surface area contributed by atoms with Crippen molar-refractivity contribution < 1.29 is 19.4 Å². The van der Waals surface area contributed by atoms with Crippen LogP contribution in [-0.4, -0.2) is 30.1 Å². The van der Waals surface area contributed by atoms with E-state index in [4.69, 9.17) is 4.74 Å². The number of carbonyl (C=O) groups is 2. The van der Waals surface area contributed by atoms with Gasteiger partial charge in [-0.2, -0.15) is 0 Å². The summed E-state index contributed by atoms with van der Waals surface area (Å²) in [5, 5.41) is 12.4. The second kappa shape index (κ2) is 11.3. The van der Waals surface area contributed by atoms with Crippen LogP contribution in [0.3, 0.4) is 0 Å². The number of rotatable bonds is 7. The van der Waals surface area contributed by atoms with Gasteiger partial charge in [-0.1, -0.05) is 66.7 Å². The molecule has 2 aliphatic rings. The topological polar surface area (TPSA) is 78.9 Å². The molecule has 1 aliphatic heterocycles. The number of fused-ring (bicyclic) bond motifs is 2. The van der Waals surface area contributed by atoms with Crippen LogP contribution in [0.15, 0.2) is 91.0 Å². The van der Waals surface area contributed by atoms with E-state index in [1.54, 1.807) is 12.1 Å². The van der Waals surface area contributed by atoms with Gasteiger partial charge in [-0.15, -0.1) is 0 Å². The normalized spacial score (nSPS) is 14.4. The van der Waals surface area contributed by atoms with Gasteiger partial charge in [0.2, 0.25) is 0 Å². The predicted octanol–water partition coefficient (Wildman–Crippen LogP) is 6.90. The fourth-order valence-electron chi connectivity index (χ4n) is 5.61. The molecular weight excluding hydrogens is 512 g/mol. The fourth-order valence-corrected chi connectivity index (χ4v) is 5.61. The number of anilines is 1. The number of ether oxygens (including phenoxy) is 1. The van der Waals surface area contributed by atoms with Crippen LogP contribution in [0.5, 0.6) is 5.75 Å². The molecule has 2 N–H and O–H groups in total. The molecule has 6 rings (SSSR count). The summed E-state index contributed by atoms with van der Waals surface area (Å²) < 4.78 is 6.00. The van der Waals surface area contributed by atoms with Crippen LogP contribution in [0.25, 0.3) is 17.2 Å². The number of nitrogens with zero attached hydrogens (tertiary/aromatic N) is 1. The zero-order valence-electron chi connectivity index (χ0n) is 23.0. The van der Waals surface area contributed by atoms with E-state index in [-0.39, 0.29) is 17.5 Å². The van der Waals surface area contributed by atoms with Gasteiger partial charge in [0.15, 0.2) is 0 Å². The quantitative estimate of drug-likeness (QED) is 0.265. The highest BCUT2D eigenvalue weighted by Gasteiger charge is 2.22. The first-order chi connectivity index (χ1) is 20.0. The van der Waals surface area contributed by atoms with E-state index in [1.807, 2.05) is 49.4 Å². The van der Waals surface area contributed by atoms with Crippen LogP contribution < -0.4 is 15.0 Å². The van der Waals surface area contributed by atoms with E-state index in [1.165, 1.54) is 11.1 Å². The van der Waals surface area contributed by atoms with Crippen LogP contribution in [0.2, 0.25) is 0 Å². The van der Waals surface area contributed by atoms with Crippen LogP contribution in [0.1, 0.15) is 62.4 Å². The van der Waals surface area contributed by atoms with Gasteiger partial charge in [0, 0.05) is 12.1 Å². The minimum atomic E-state index is -0.937. The number of amides is 1. The molecule has 4 aromatic carbocycles. The number of benzene rings is 4. The van der Waals surface area contributed by atoms with Crippen molar-refractivity contribution in [2.75, 3.05) is 18.1 Å². The molecule has 1 heterocycles. The predicted molar refractivity (Wildman–Crippen MR) is 162 cm³/mol. The average molecular weight is 545 g/mol. The van der Waals surface area contributed by atoms with Gasteiger partial charge in [-0.25, -0.2) is 4.79 Å². The van der Waals surface area contributed by atoms with Crippen molar-refractivity contribution in [3.63, 3.8) is 0 Å². The van der Waals surface area contributed by atoms with Gasteiger partial charge >= 0.3 is 5.97 Å². The van der Waals surface area contributed by atoms with E-state index in [0.29, 0.717) is 24.5 Å². The number of hydrogen-bond acceptors (Lipinski definition) is 4. The molecule has 1 aliphatic carbocycles. The van der Waals surface area contributed by atoms with Crippen molar-refractivity contribution in [2.45, 2.75) is 32.4 Å². The maximum Gasteiger partial charge on any atom is 0.335 e. The van der Waals surface area contributed by atoms with Crippen LogP contribution in [0, 0.1) is 0 Å². The molecule has 41 heavy (non-hydrogen) atoms. The molecule has 1 atom stereocenters. The van der Waals surface area contributed by atoms with Crippen molar-refractivity contribution in [1.29, 1.82) is 0 Å². The molecule has 6 nitrogen and oxygen atoms in total. The van der Waals surface area contributed by atoms with Gasteiger partial charge in [0.1, 0.15) is 12.4 Å². The minimum Gasteiger partial charge on any atom is -0.490 e. The Hall–Kier alpha value is -4.84. The smallest absolute Gasteiger partial charge is 0.335 e. The molecule has 4 aromatic rings. The third kappa shape index (κ3) is 5.59. The molecule has 0 bridgehead atoms. The fraction of sp³-hybridized carbons (Fsp3) is 0.200. The number of carbonyl (C=O) groups excluding carboxylic acids is 1. The van der Waals surface area contributed by atoms with Crippen LogP contribution >= 0.6 is 0 Å². The monoisotopic (exact) mass is 544 g/mol. The van der Waals surface area contributed by atoms with Crippen molar-refractivity contribution in [1.82, 2.24) is 5.32 Å². The summed E-state index contributed by atoms with van der Waals surface area (Å²) in [5.74, 6) is -0.372. The second-order valence-corrected chi connectivity index (χ2v) is 10.6. The maximum absolute atomic E-state index is 13.2. The summed E-state index contributed by atoms with van der Waals surface area (Å²) >= 11 is 0. The first-order valence-corrected chi connectivity index (χ1v) is 14.0. The number of aromatic carboxylic acids is 1. The molecule has 0 spiro atoms. The van der Waals surface area contributed by atoms with Crippen molar-refractivity contribution in [2.24, 2.45) is 0 Å².